The number of rotatable bonds is 5. The van der Waals surface area contributed by atoms with Gasteiger partial charge in [-0.15, -0.1) is 0 Å². The molecule has 0 saturated heterocycles. The fraction of sp³-hybridized carbons (Fsp3) is 1.00. The summed E-state index contributed by atoms with van der Waals surface area (Å²) >= 11 is 3.92. The Hall–Kier alpha value is 0.460. The Kier molecular flexibility index (Phi) is 5.39. The smallest absolute Gasteiger partial charge is 0.300 e. The molecule has 0 rings (SSSR count). The van der Waals surface area contributed by atoms with Gasteiger partial charge in [0, 0.05) is 26.5 Å². The monoisotopic (exact) mass is 185 g/mol. The fourth-order valence-corrected chi connectivity index (χ4v) is 1.47. The zero-order valence-corrected chi connectivity index (χ0v) is 7.82. The number of nitrogens with one attached hydrogen (secondary N) is 1. The number of hydrogen-bond acceptors (Lipinski definition) is 4. The molecule has 6 heteroatoms. The summed E-state index contributed by atoms with van der Waals surface area (Å²) in [6.07, 6.45) is 0. The molecular formula is C4H12NO3PS. The zero-order valence-electron chi connectivity index (χ0n) is 6.03. The van der Waals surface area contributed by atoms with Gasteiger partial charge < -0.3 is 9.05 Å². The van der Waals surface area contributed by atoms with Crippen LogP contribution in [0.3, 0.4) is 0 Å². The van der Waals surface area contributed by atoms with Crippen molar-refractivity contribution in [1.29, 1.82) is 0 Å². The molecule has 0 unspecified atom stereocenters. The van der Waals surface area contributed by atoms with E-state index in [1.165, 1.54) is 14.2 Å². The van der Waals surface area contributed by atoms with Crippen molar-refractivity contribution < 1.29 is 13.6 Å². The van der Waals surface area contributed by atoms with Crippen LogP contribution in [0.1, 0.15) is 0 Å². The van der Waals surface area contributed by atoms with E-state index in [1.54, 1.807) is 0 Å². The molecule has 0 heterocycles. The van der Waals surface area contributed by atoms with Crippen LogP contribution < -0.4 is 5.09 Å². The van der Waals surface area contributed by atoms with E-state index in [9.17, 15) is 4.57 Å². The first kappa shape index (κ1) is 10.5. The van der Waals surface area contributed by atoms with Crippen LogP contribution in [0, 0.1) is 0 Å². The minimum atomic E-state index is -3.00. The SMILES string of the molecule is COP(=O)(NCCS)OC. The summed E-state index contributed by atoms with van der Waals surface area (Å²) in [6, 6.07) is 0. The van der Waals surface area contributed by atoms with Gasteiger partial charge in [-0.05, 0) is 0 Å². The normalized spacial score (nSPS) is 11.9. The van der Waals surface area contributed by atoms with Gasteiger partial charge in [0.25, 0.3) is 0 Å². The zero-order chi connectivity index (χ0) is 8.04. The minimum Gasteiger partial charge on any atom is -0.300 e. The molecule has 0 radical (unpaired) electrons. The Labute approximate surface area is 66.3 Å². The van der Waals surface area contributed by atoms with E-state index in [0.29, 0.717) is 12.3 Å². The quantitative estimate of drug-likeness (QED) is 0.493. The van der Waals surface area contributed by atoms with Crippen LogP contribution >= 0.6 is 20.4 Å². The lowest BCUT2D eigenvalue weighted by Gasteiger charge is -2.12. The highest BCUT2D eigenvalue weighted by molar-refractivity contribution is 7.80. The highest BCUT2D eigenvalue weighted by Gasteiger charge is 2.18. The summed E-state index contributed by atoms with van der Waals surface area (Å²) in [4.78, 5) is 0. The van der Waals surface area contributed by atoms with E-state index in [-0.39, 0.29) is 0 Å². The van der Waals surface area contributed by atoms with Crippen molar-refractivity contribution in [2.75, 3.05) is 26.5 Å². The number of thiol groups is 1. The standard InChI is InChI=1S/C4H12NO3PS/c1-7-9(6,8-2)5-3-4-10/h10H,3-4H2,1-2H3,(H,5,6). The van der Waals surface area contributed by atoms with Crippen LogP contribution in [0.4, 0.5) is 0 Å². The average Bonchev–Trinajstić information content (AvgIpc) is 2.00. The van der Waals surface area contributed by atoms with Gasteiger partial charge in [-0.3, -0.25) is 0 Å². The highest BCUT2D eigenvalue weighted by Crippen LogP contribution is 2.40. The van der Waals surface area contributed by atoms with E-state index >= 15 is 0 Å². The van der Waals surface area contributed by atoms with Crippen molar-refractivity contribution in [3.63, 3.8) is 0 Å². The van der Waals surface area contributed by atoms with Gasteiger partial charge >= 0.3 is 7.75 Å². The second-order valence-corrected chi connectivity index (χ2v) is 3.98. The molecule has 0 aliphatic heterocycles. The molecule has 4 nitrogen and oxygen atoms in total. The van der Waals surface area contributed by atoms with E-state index < -0.39 is 7.75 Å². The molecule has 0 aliphatic rings. The Morgan fingerprint density at radius 1 is 1.50 bits per heavy atom. The van der Waals surface area contributed by atoms with Crippen molar-refractivity contribution in [3.8, 4) is 0 Å². The fourth-order valence-electron chi connectivity index (χ4n) is 0.391. The van der Waals surface area contributed by atoms with Crippen LogP contribution in [0.2, 0.25) is 0 Å². The topological polar surface area (TPSA) is 47.6 Å². The predicted octanol–water partition coefficient (Wildman–Crippen LogP) is 0.907. The molecule has 0 bridgehead atoms. The molecule has 0 aromatic carbocycles. The van der Waals surface area contributed by atoms with E-state index in [2.05, 4.69) is 26.8 Å². The van der Waals surface area contributed by atoms with Gasteiger partial charge in [0.15, 0.2) is 0 Å². The summed E-state index contributed by atoms with van der Waals surface area (Å²) < 4.78 is 20.3. The molecule has 0 spiro atoms. The van der Waals surface area contributed by atoms with Gasteiger partial charge in [0.05, 0.1) is 0 Å². The third kappa shape index (κ3) is 3.58. The van der Waals surface area contributed by atoms with Crippen LogP contribution in [-0.4, -0.2) is 26.5 Å². The summed E-state index contributed by atoms with van der Waals surface area (Å²) in [6.45, 7) is 0.502. The summed E-state index contributed by atoms with van der Waals surface area (Å²) in [5.74, 6) is 0.594. The summed E-state index contributed by atoms with van der Waals surface area (Å²) in [5.41, 5.74) is 0. The molecule has 0 atom stereocenters. The lowest BCUT2D eigenvalue weighted by atomic mass is 10.8. The van der Waals surface area contributed by atoms with E-state index in [0.717, 1.165) is 0 Å². The first-order valence-corrected chi connectivity index (χ1v) is 4.93. The van der Waals surface area contributed by atoms with Crippen LogP contribution in [0.15, 0.2) is 0 Å². The van der Waals surface area contributed by atoms with Gasteiger partial charge in [0.1, 0.15) is 0 Å². The second kappa shape index (κ2) is 5.16. The van der Waals surface area contributed by atoms with Gasteiger partial charge in [-0.25, -0.2) is 9.65 Å². The Morgan fingerprint density at radius 3 is 2.30 bits per heavy atom. The van der Waals surface area contributed by atoms with Gasteiger partial charge in [-0.2, -0.15) is 12.6 Å². The summed E-state index contributed by atoms with van der Waals surface area (Å²) in [5, 5.41) is 2.58. The maximum atomic E-state index is 11.1. The van der Waals surface area contributed by atoms with Crippen LogP contribution in [-0.2, 0) is 13.6 Å². The van der Waals surface area contributed by atoms with Gasteiger partial charge in [0.2, 0.25) is 0 Å². The van der Waals surface area contributed by atoms with Crippen LogP contribution in [0.5, 0.6) is 0 Å². The third-order valence-electron chi connectivity index (χ3n) is 0.898. The molecule has 0 aromatic rings. The van der Waals surface area contributed by atoms with Crippen LogP contribution in [0.25, 0.3) is 0 Å². The van der Waals surface area contributed by atoms with Gasteiger partial charge in [-0.1, -0.05) is 0 Å². The molecule has 0 amide bonds. The molecule has 0 aromatic heterocycles. The molecule has 0 fully saturated rings. The van der Waals surface area contributed by atoms with Crippen molar-refractivity contribution in [2.45, 2.75) is 0 Å². The molecule has 0 aliphatic carbocycles. The Bertz CT molecular complexity index is 124. The highest BCUT2D eigenvalue weighted by atomic mass is 32.1. The van der Waals surface area contributed by atoms with Crippen molar-refractivity contribution in [1.82, 2.24) is 5.09 Å². The molecule has 62 valence electrons. The maximum Gasteiger partial charge on any atom is 0.404 e. The van der Waals surface area contributed by atoms with Crippen molar-refractivity contribution in [2.24, 2.45) is 0 Å². The average molecular weight is 185 g/mol. The Morgan fingerprint density at radius 2 is 2.00 bits per heavy atom. The number of hydrogen-bond donors (Lipinski definition) is 2. The molecular weight excluding hydrogens is 173 g/mol. The first-order valence-electron chi connectivity index (χ1n) is 2.76. The summed E-state index contributed by atoms with van der Waals surface area (Å²) in [7, 11) is -0.338. The lowest BCUT2D eigenvalue weighted by molar-refractivity contribution is 0.265. The van der Waals surface area contributed by atoms with Crippen molar-refractivity contribution in [3.05, 3.63) is 0 Å². The van der Waals surface area contributed by atoms with E-state index in [4.69, 9.17) is 0 Å². The second-order valence-electron chi connectivity index (χ2n) is 1.49. The molecule has 1 N–H and O–H groups in total. The first-order chi connectivity index (χ1) is 4.68. The lowest BCUT2D eigenvalue weighted by Crippen LogP contribution is -2.15. The van der Waals surface area contributed by atoms with E-state index in [1.807, 2.05) is 0 Å². The largest absolute Gasteiger partial charge is 0.404 e. The van der Waals surface area contributed by atoms with Crippen molar-refractivity contribution >= 4 is 20.4 Å². The minimum absolute atomic E-state index is 0.502. The Balaban J connectivity index is 3.70. The molecule has 0 saturated carbocycles. The predicted molar refractivity (Wildman–Crippen MR) is 43.5 cm³/mol. The molecule has 10 heavy (non-hydrogen) atoms. The maximum absolute atomic E-state index is 11.1. The third-order valence-corrected chi connectivity index (χ3v) is 2.69.